The zero-order chi connectivity index (χ0) is 14.9. The van der Waals surface area contributed by atoms with Crippen LogP contribution in [0.3, 0.4) is 0 Å². The molecule has 1 saturated heterocycles. The molecule has 1 aliphatic heterocycles. The summed E-state index contributed by atoms with van der Waals surface area (Å²) < 4.78 is 29.5. The summed E-state index contributed by atoms with van der Waals surface area (Å²) in [7, 11) is -3.04. The summed E-state index contributed by atoms with van der Waals surface area (Å²) in [5, 5.41) is 4.73. The molecule has 20 heavy (non-hydrogen) atoms. The Kier molecular flexibility index (Phi) is 4.28. The quantitative estimate of drug-likeness (QED) is 0.644. The van der Waals surface area contributed by atoms with Gasteiger partial charge in [-0.3, -0.25) is 0 Å². The molecule has 9 heteroatoms. The summed E-state index contributed by atoms with van der Waals surface area (Å²) in [6.07, 6.45) is 2.24. The van der Waals surface area contributed by atoms with Gasteiger partial charge in [0, 0.05) is 0 Å². The fraction of sp³-hybridized carbons (Fsp3) is 0.636. The van der Waals surface area contributed by atoms with E-state index in [-0.39, 0.29) is 35.5 Å². The van der Waals surface area contributed by atoms with E-state index in [1.54, 1.807) is 13.2 Å². The van der Waals surface area contributed by atoms with Crippen molar-refractivity contribution in [3.05, 3.63) is 5.56 Å². The van der Waals surface area contributed by atoms with Crippen LogP contribution in [0.4, 0.5) is 5.82 Å². The molecular formula is C11H17N3O4S2. The lowest BCUT2D eigenvalue weighted by Crippen LogP contribution is -2.16. The number of carbonyl (C=O) groups excluding carboxylic acids is 1. The minimum Gasteiger partial charge on any atom is -0.462 e. The summed E-state index contributed by atoms with van der Waals surface area (Å²) in [5.41, 5.74) is 6.20. The molecule has 1 atom stereocenters. The molecular weight excluding hydrogens is 302 g/mol. The van der Waals surface area contributed by atoms with Gasteiger partial charge in [0.05, 0.1) is 24.2 Å². The minimum atomic E-state index is -3.04. The number of anilines is 1. The van der Waals surface area contributed by atoms with E-state index < -0.39 is 15.8 Å². The predicted octanol–water partition coefficient (Wildman–Crippen LogP) is 0.723. The molecule has 0 spiro atoms. The molecule has 0 aliphatic carbocycles. The van der Waals surface area contributed by atoms with Crippen molar-refractivity contribution < 1.29 is 17.9 Å². The number of nitrogens with two attached hydrogens (primary N) is 1. The molecule has 7 nitrogen and oxygen atoms in total. The van der Waals surface area contributed by atoms with Gasteiger partial charge in [-0.2, -0.15) is 5.10 Å². The first-order valence-corrected chi connectivity index (χ1v) is 9.23. The fourth-order valence-electron chi connectivity index (χ4n) is 2.21. The molecule has 2 rings (SSSR count). The summed E-state index contributed by atoms with van der Waals surface area (Å²) >= 11 is 1.28. The van der Waals surface area contributed by atoms with Crippen molar-refractivity contribution in [2.45, 2.75) is 24.4 Å². The molecule has 2 heterocycles. The number of nitrogens with zero attached hydrogens (tertiary/aromatic N) is 2. The van der Waals surface area contributed by atoms with Gasteiger partial charge in [-0.25, -0.2) is 17.9 Å². The van der Waals surface area contributed by atoms with Crippen LogP contribution >= 0.6 is 11.8 Å². The summed E-state index contributed by atoms with van der Waals surface area (Å²) in [6.45, 7) is 1.95. The van der Waals surface area contributed by atoms with Crippen LogP contribution < -0.4 is 5.73 Å². The molecule has 112 valence electrons. The van der Waals surface area contributed by atoms with Gasteiger partial charge in [0.15, 0.2) is 9.84 Å². The molecule has 0 aromatic carbocycles. The Morgan fingerprint density at radius 3 is 2.80 bits per heavy atom. The molecule has 1 aromatic heterocycles. The summed E-state index contributed by atoms with van der Waals surface area (Å²) in [6, 6.07) is -0.311. The van der Waals surface area contributed by atoms with Crippen LogP contribution in [0.25, 0.3) is 0 Å². The Hall–Kier alpha value is -1.22. The van der Waals surface area contributed by atoms with Crippen molar-refractivity contribution in [3.8, 4) is 0 Å². The largest absolute Gasteiger partial charge is 0.462 e. The lowest BCUT2D eigenvalue weighted by atomic mass is 10.2. The lowest BCUT2D eigenvalue weighted by molar-refractivity contribution is 0.0523. The van der Waals surface area contributed by atoms with E-state index in [1.807, 2.05) is 0 Å². The second kappa shape index (κ2) is 5.65. The fourth-order valence-corrected chi connectivity index (χ4v) is 4.46. The van der Waals surface area contributed by atoms with E-state index in [0.29, 0.717) is 11.4 Å². The second-order valence-electron chi connectivity index (χ2n) is 4.49. The molecule has 1 fully saturated rings. The van der Waals surface area contributed by atoms with E-state index in [9.17, 15) is 13.2 Å². The number of sulfone groups is 1. The molecule has 0 bridgehead atoms. The maximum absolute atomic E-state index is 11.9. The van der Waals surface area contributed by atoms with Gasteiger partial charge in [0.1, 0.15) is 16.4 Å². The van der Waals surface area contributed by atoms with E-state index in [2.05, 4.69) is 5.10 Å². The molecule has 0 radical (unpaired) electrons. The molecule has 1 unspecified atom stereocenters. The van der Waals surface area contributed by atoms with Crippen LogP contribution in [-0.2, 0) is 14.6 Å². The number of ether oxygens (including phenoxy) is 1. The molecule has 0 saturated carbocycles. The third-order valence-electron chi connectivity index (χ3n) is 3.14. The van der Waals surface area contributed by atoms with E-state index in [0.717, 1.165) is 0 Å². The van der Waals surface area contributed by atoms with Crippen molar-refractivity contribution in [2.75, 3.05) is 30.1 Å². The number of hydrogen-bond acceptors (Lipinski definition) is 7. The molecule has 1 aromatic rings. The number of thioether (sulfide) groups is 1. The van der Waals surface area contributed by atoms with Crippen LogP contribution in [0, 0.1) is 0 Å². The Labute approximate surface area is 121 Å². The van der Waals surface area contributed by atoms with Crippen molar-refractivity contribution in [2.24, 2.45) is 0 Å². The Morgan fingerprint density at radius 1 is 1.60 bits per heavy atom. The zero-order valence-electron chi connectivity index (χ0n) is 11.3. The van der Waals surface area contributed by atoms with E-state index in [4.69, 9.17) is 10.5 Å². The number of aromatic nitrogens is 2. The monoisotopic (exact) mass is 319 g/mol. The minimum absolute atomic E-state index is 0.00890. The van der Waals surface area contributed by atoms with E-state index in [1.165, 1.54) is 16.4 Å². The Morgan fingerprint density at radius 2 is 2.30 bits per heavy atom. The highest BCUT2D eigenvalue weighted by molar-refractivity contribution is 7.98. The van der Waals surface area contributed by atoms with Crippen LogP contribution in [0.1, 0.15) is 29.7 Å². The third kappa shape index (κ3) is 2.78. The van der Waals surface area contributed by atoms with E-state index >= 15 is 0 Å². The Bertz CT molecular complexity index is 624. The molecule has 2 N–H and O–H groups in total. The first-order chi connectivity index (χ1) is 9.39. The van der Waals surface area contributed by atoms with Crippen molar-refractivity contribution in [3.63, 3.8) is 0 Å². The summed E-state index contributed by atoms with van der Waals surface area (Å²) in [5.74, 6) is -0.216. The van der Waals surface area contributed by atoms with Gasteiger partial charge in [-0.05, 0) is 19.6 Å². The summed E-state index contributed by atoms with van der Waals surface area (Å²) in [4.78, 5) is 11.9. The van der Waals surface area contributed by atoms with Gasteiger partial charge >= 0.3 is 5.97 Å². The Balaban J connectivity index is 2.39. The number of esters is 1. The predicted molar refractivity (Wildman–Crippen MR) is 76.7 cm³/mol. The first-order valence-electron chi connectivity index (χ1n) is 6.19. The topological polar surface area (TPSA) is 104 Å². The van der Waals surface area contributed by atoms with Crippen molar-refractivity contribution >= 4 is 33.4 Å². The van der Waals surface area contributed by atoms with Gasteiger partial charge in [-0.1, -0.05) is 0 Å². The van der Waals surface area contributed by atoms with Crippen LogP contribution in [0.15, 0.2) is 5.03 Å². The smallest absolute Gasteiger partial charge is 0.344 e. The number of rotatable bonds is 4. The highest BCUT2D eigenvalue weighted by Gasteiger charge is 2.33. The van der Waals surface area contributed by atoms with Crippen LogP contribution in [-0.4, -0.2) is 48.5 Å². The highest BCUT2D eigenvalue weighted by Crippen LogP contribution is 2.32. The zero-order valence-corrected chi connectivity index (χ0v) is 13.0. The third-order valence-corrected chi connectivity index (χ3v) is 5.57. The van der Waals surface area contributed by atoms with Crippen molar-refractivity contribution in [1.82, 2.24) is 9.78 Å². The average Bonchev–Trinajstić information content (AvgIpc) is 2.89. The number of nitrogen functional groups attached to an aromatic ring is 1. The number of hydrogen-bond donors (Lipinski definition) is 1. The SMILES string of the molecule is CCOC(=O)c1c(SC)nn(C2CCS(=O)(=O)C2)c1N. The highest BCUT2D eigenvalue weighted by atomic mass is 32.2. The van der Waals surface area contributed by atoms with Gasteiger partial charge in [-0.15, -0.1) is 11.8 Å². The normalized spacial score (nSPS) is 21.0. The second-order valence-corrected chi connectivity index (χ2v) is 7.52. The van der Waals surface area contributed by atoms with Gasteiger partial charge in [0.2, 0.25) is 0 Å². The lowest BCUT2D eigenvalue weighted by Gasteiger charge is -2.10. The van der Waals surface area contributed by atoms with Crippen LogP contribution in [0.2, 0.25) is 0 Å². The maximum atomic E-state index is 11.9. The van der Waals surface area contributed by atoms with Gasteiger partial charge in [0.25, 0.3) is 0 Å². The van der Waals surface area contributed by atoms with Crippen molar-refractivity contribution in [1.29, 1.82) is 0 Å². The average molecular weight is 319 g/mol. The first kappa shape index (κ1) is 15.2. The molecule has 0 amide bonds. The number of carbonyl (C=O) groups is 1. The van der Waals surface area contributed by atoms with Gasteiger partial charge < -0.3 is 10.5 Å². The molecule has 1 aliphatic rings. The standard InChI is InChI=1S/C11H17N3O4S2/c1-3-18-11(15)8-9(12)14(13-10(8)19-2)7-4-5-20(16,17)6-7/h7H,3-6,12H2,1-2H3. The maximum Gasteiger partial charge on any atom is 0.344 e. The van der Waals surface area contributed by atoms with Crippen LogP contribution in [0.5, 0.6) is 0 Å².